The van der Waals surface area contributed by atoms with E-state index in [0.717, 1.165) is 47.5 Å². The molecule has 8 nitrogen and oxygen atoms in total. The summed E-state index contributed by atoms with van der Waals surface area (Å²) in [6.45, 7) is 2.10. The Hall–Kier alpha value is -4.40. The van der Waals surface area contributed by atoms with Gasteiger partial charge in [-0.05, 0) is 65.9 Å². The summed E-state index contributed by atoms with van der Waals surface area (Å²) in [5, 5.41) is 12.8. The summed E-state index contributed by atoms with van der Waals surface area (Å²) in [5.41, 5.74) is 9.29. The number of aliphatic hydroxyl groups excluding tert-OH is 1. The molecule has 0 fully saturated rings. The van der Waals surface area contributed by atoms with Gasteiger partial charge in [0.25, 0.3) is 5.91 Å². The van der Waals surface area contributed by atoms with Crippen molar-refractivity contribution in [1.82, 2.24) is 15.7 Å². The number of carbonyl (C=O) groups excluding carboxylic acids is 1. The number of unbranched alkanes of at least 4 members (excludes halogenated alkanes) is 2. The number of carbonyl (C=O) groups is 1. The maximum absolute atomic E-state index is 12.6. The Morgan fingerprint density at radius 2 is 1.41 bits per heavy atom. The molecule has 0 saturated heterocycles. The molecule has 41 heavy (non-hydrogen) atoms. The van der Waals surface area contributed by atoms with Crippen LogP contribution in [0.15, 0.2) is 97.2 Å². The quantitative estimate of drug-likeness (QED) is 0.0692. The number of aromatic nitrogens is 1. The van der Waals surface area contributed by atoms with Crippen LogP contribution in [0.25, 0.3) is 0 Å². The van der Waals surface area contributed by atoms with Crippen molar-refractivity contribution in [1.29, 1.82) is 0 Å². The van der Waals surface area contributed by atoms with Crippen molar-refractivity contribution in [2.75, 3.05) is 19.6 Å². The van der Waals surface area contributed by atoms with Gasteiger partial charge >= 0.3 is 0 Å². The number of hydrogen-bond donors (Lipinski definition) is 4. The second-order valence-electron chi connectivity index (χ2n) is 9.74. The molecule has 1 amide bonds. The molecule has 0 saturated carbocycles. The van der Waals surface area contributed by atoms with Crippen molar-refractivity contribution in [2.24, 2.45) is 0 Å². The lowest BCUT2D eigenvalue weighted by Crippen LogP contribution is -2.47. The number of benzene rings is 3. The zero-order valence-corrected chi connectivity index (χ0v) is 23.8. The van der Waals surface area contributed by atoms with Crippen molar-refractivity contribution < 1.29 is 19.4 Å². The molecule has 4 rings (SSSR count). The van der Waals surface area contributed by atoms with E-state index in [9.17, 15) is 9.90 Å². The molecular weight excluding hydrogens is 516 g/mol. The van der Waals surface area contributed by atoms with Crippen LogP contribution in [0.2, 0.25) is 0 Å². The largest absolute Gasteiger partial charge is 0.497 e. The van der Waals surface area contributed by atoms with Gasteiger partial charge in [0.05, 0.1) is 19.8 Å². The average molecular weight is 555 g/mol. The molecule has 0 aliphatic rings. The fraction of sp³-hybridized carbons (Fsp3) is 0.273. The van der Waals surface area contributed by atoms with Crippen LogP contribution >= 0.6 is 0 Å². The van der Waals surface area contributed by atoms with Gasteiger partial charge in [-0.3, -0.25) is 4.79 Å². The lowest BCUT2D eigenvalue weighted by molar-refractivity contribution is 0.0758. The predicted octanol–water partition coefficient (Wildman–Crippen LogP) is 5.64. The smallest absolute Gasteiger partial charge is 0.254 e. The number of aliphatic hydroxyl groups is 1. The van der Waals surface area contributed by atoms with Crippen LogP contribution in [-0.4, -0.2) is 36.4 Å². The summed E-state index contributed by atoms with van der Waals surface area (Å²) >= 11 is 0. The number of ether oxygens (including phenoxy) is 2. The van der Waals surface area contributed by atoms with Crippen LogP contribution in [0.5, 0.6) is 11.5 Å². The average Bonchev–Trinajstić information content (AvgIpc) is 3.03. The lowest BCUT2D eigenvalue weighted by atomic mass is 9.77. The molecule has 214 valence electrons. The van der Waals surface area contributed by atoms with Crippen LogP contribution in [0.1, 0.15) is 59.7 Å². The van der Waals surface area contributed by atoms with E-state index >= 15 is 0 Å². The number of hydrogen-bond acceptors (Lipinski definition) is 7. The first-order valence-electron chi connectivity index (χ1n) is 13.8. The first kappa shape index (κ1) is 29.6. The van der Waals surface area contributed by atoms with E-state index in [2.05, 4.69) is 40.2 Å². The molecular formula is C33H38N4O4. The minimum Gasteiger partial charge on any atom is -0.497 e. The number of rotatable bonds is 14. The van der Waals surface area contributed by atoms with E-state index in [-0.39, 0.29) is 5.91 Å². The highest BCUT2D eigenvalue weighted by Crippen LogP contribution is 2.38. The SMILES string of the molecule is CCCCCC(O)NC(=O)c1ccc(NNC(c2ccccc2)(c2ccc(OC)cc2)c2ccc(OC)cc2)nc1. The van der Waals surface area contributed by atoms with Gasteiger partial charge < -0.3 is 25.3 Å². The molecule has 0 radical (unpaired) electrons. The van der Waals surface area contributed by atoms with Crippen molar-refractivity contribution in [3.05, 3.63) is 119 Å². The summed E-state index contributed by atoms with van der Waals surface area (Å²) in [7, 11) is 3.29. The number of pyridine rings is 1. The van der Waals surface area contributed by atoms with Crippen molar-refractivity contribution in [2.45, 2.75) is 44.4 Å². The van der Waals surface area contributed by atoms with Gasteiger partial charge in [-0.15, -0.1) is 0 Å². The summed E-state index contributed by atoms with van der Waals surface area (Å²) in [5.74, 6) is 1.66. The minimum absolute atomic E-state index is 0.365. The van der Waals surface area contributed by atoms with Gasteiger partial charge in [-0.25, -0.2) is 10.4 Å². The number of nitrogens with one attached hydrogen (secondary N) is 3. The van der Waals surface area contributed by atoms with E-state index in [0.29, 0.717) is 17.8 Å². The molecule has 4 N–H and O–H groups in total. The van der Waals surface area contributed by atoms with E-state index in [4.69, 9.17) is 9.47 Å². The number of methoxy groups -OCH3 is 2. The number of anilines is 1. The Bertz CT molecular complexity index is 1310. The lowest BCUT2D eigenvalue weighted by Gasteiger charge is -2.37. The van der Waals surface area contributed by atoms with Gasteiger partial charge in [-0.1, -0.05) is 74.4 Å². The molecule has 0 bridgehead atoms. The summed E-state index contributed by atoms with van der Waals surface area (Å²) in [6, 6.07) is 29.3. The Morgan fingerprint density at radius 3 is 1.93 bits per heavy atom. The van der Waals surface area contributed by atoms with Crippen molar-refractivity contribution in [3.8, 4) is 11.5 Å². The predicted molar refractivity (Wildman–Crippen MR) is 161 cm³/mol. The summed E-state index contributed by atoms with van der Waals surface area (Å²) in [6.07, 6.45) is 4.05. The zero-order valence-electron chi connectivity index (χ0n) is 23.8. The first-order chi connectivity index (χ1) is 20.0. The Balaban J connectivity index is 1.63. The molecule has 1 heterocycles. The van der Waals surface area contributed by atoms with Crippen molar-refractivity contribution >= 4 is 11.7 Å². The standard InChI is InChI=1S/C33H38N4O4/c1-4-5-7-12-31(38)35-32(39)24-13-22-30(34-23-24)36-37-33(25-10-8-6-9-11-25,26-14-18-28(40-2)19-15-26)27-16-20-29(41-3)21-17-27/h6,8-11,13-23,31,37-38H,4-5,7,12H2,1-3H3,(H,34,36)(H,35,39). The van der Waals surface area contributed by atoms with Crippen LogP contribution in [-0.2, 0) is 5.54 Å². The molecule has 1 aromatic heterocycles. The summed E-state index contributed by atoms with van der Waals surface area (Å²) < 4.78 is 10.8. The molecule has 3 aromatic carbocycles. The van der Waals surface area contributed by atoms with Gasteiger partial charge in [-0.2, -0.15) is 0 Å². The molecule has 4 aromatic rings. The Labute approximate surface area is 241 Å². The topological polar surface area (TPSA) is 105 Å². The van der Waals surface area contributed by atoms with E-state index in [1.165, 1.54) is 6.20 Å². The van der Waals surface area contributed by atoms with Crippen LogP contribution in [0, 0.1) is 0 Å². The number of hydrazine groups is 1. The van der Waals surface area contributed by atoms with E-state index in [1.807, 2.05) is 66.7 Å². The second kappa shape index (κ2) is 14.3. The van der Waals surface area contributed by atoms with Crippen LogP contribution < -0.4 is 25.6 Å². The highest BCUT2D eigenvalue weighted by Gasteiger charge is 2.36. The Kier molecular flexibility index (Phi) is 10.3. The van der Waals surface area contributed by atoms with E-state index in [1.54, 1.807) is 26.4 Å². The molecule has 1 atom stereocenters. The first-order valence-corrected chi connectivity index (χ1v) is 13.8. The van der Waals surface area contributed by atoms with Gasteiger partial charge in [0.1, 0.15) is 29.1 Å². The Morgan fingerprint density at radius 1 is 0.829 bits per heavy atom. The number of amides is 1. The minimum atomic E-state index is -0.881. The van der Waals surface area contributed by atoms with E-state index < -0.39 is 11.8 Å². The molecule has 8 heteroatoms. The monoisotopic (exact) mass is 554 g/mol. The molecule has 0 aliphatic carbocycles. The molecule has 0 aliphatic heterocycles. The van der Waals surface area contributed by atoms with Gasteiger partial charge in [0.15, 0.2) is 0 Å². The van der Waals surface area contributed by atoms with Crippen LogP contribution in [0.4, 0.5) is 5.82 Å². The molecule has 1 unspecified atom stereocenters. The number of nitrogens with zero attached hydrogens (tertiary/aromatic N) is 1. The fourth-order valence-corrected chi connectivity index (χ4v) is 4.74. The van der Waals surface area contributed by atoms with Crippen molar-refractivity contribution in [3.63, 3.8) is 0 Å². The maximum Gasteiger partial charge on any atom is 0.254 e. The summed E-state index contributed by atoms with van der Waals surface area (Å²) in [4.78, 5) is 17.1. The third-order valence-corrected chi connectivity index (χ3v) is 7.04. The zero-order chi connectivity index (χ0) is 29.1. The third-order valence-electron chi connectivity index (χ3n) is 7.04. The van der Waals surface area contributed by atoms with Gasteiger partial charge in [0.2, 0.25) is 0 Å². The second-order valence-corrected chi connectivity index (χ2v) is 9.74. The molecule has 0 spiro atoms. The fourth-order valence-electron chi connectivity index (χ4n) is 4.74. The maximum atomic E-state index is 12.6. The normalized spacial score (nSPS) is 11.9. The van der Waals surface area contributed by atoms with Gasteiger partial charge in [0, 0.05) is 6.20 Å². The third kappa shape index (κ3) is 7.22. The highest BCUT2D eigenvalue weighted by molar-refractivity contribution is 5.94. The van der Waals surface area contributed by atoms with Crippen LogP contribution in [0.3, 0.4) is 0 Å². The highest BCUT2D eigenvalue weighted by atomic mass is 16.5.